The van der Waals surface area contributed by atoms with Crippen LogP contribution in [0.2, 0.25) is 5.02 Å². The number of aliphatic carboxylic acids is 1. The number of hydrogen-bond donors (Lipinski definition) is 3. The summed E-state index contributed by atoms with van der Waals surface area (Å²) in [6.45, 7) is 0.275. The summed E-state index contributed by atoms with van der Waals surface area (Å²) in [5.41, 5.74) is -0.519. The Labute approximate surface area is 141 Å². The van der Waals surface area contributed by atoms with Crippen molar-refractivity contribution in [2.24, 2.45) is 0 Å². The van der Waals surface area contributed by atoms with Gasteiger partial charge in [0.15, 0.2) is 0 Å². The number of amides is 1. The molecule has 0 aromatic heterocycles. The molecule has 0 radical (unpaired) electrons. The third kappa shape index (κ3) is 5.94. The molecule has 0 fully saturated rings. The molecular weight excluding hydrogens is 340 g/mol. The maximum absolute atomic E-state index is 11.9. The fourth-order valence-electron chi connectivity index (χ4n) is 1.59. The third-order valence-electron chi connectivity index (χ3n) is 2.72. The number of hydrogen-bond acceptors (Lipinski definition) is 6. The number of anilines is 1. The summed E-state index contributed by atoms with van der Waals surface area (Å²) in [6.07, 6.45) is 1.44. The van der Waals surface area contributed by atoms with Gasteiger partial charge in [-0.3, -0.25) is 19.7 Å². The largest absolute Gasteiger partial charge is 0.481 e. The molecule has 1 amide bonds. The summed E-state index contributed by atoms with van der Waals surface area (Å²) in [6, 6.07) is 5.38. The lowest BCUT2D eigenvalue weighted by atomic mass is 10.2. The molecular formula is C14H13ClN4O5. The summed E-state index contributed by atoms with van der Waals surface area (Å²) in [4.78, 5) is 32.4. The molecule has 24 heavy (non-hydrogen) atoms. The average molecular weight is 353 g/mol. The SMILES string of the molecule is N#C/C(=C/NCCCC(=O)O)C(=O)Nc1ccc(Cl)c([N+](=O)[O-])c1. The minimum absolute atomic E-state index is 0.0383. The molecule has 1 aromatic rings. The Bertz CT molecular complexity index is 726. The first kappa shape index (κ1) is 18.9. The van der Waals surface area contributed by atoms with Gasteiger partial charge >= 0.3 is 5.97 Å². The van der Waals surface area contributed by atoms with Crippen LogP contribution in [0.5, 0.6) is 0 Å². The van der Waals surface area contributed by atoms with Crippen molar-refractivity contribution >= 4 is 34.9 Å². The highest BCUT2D eigenvalue weighted by Gasteiger charge is 2.15. The van der Waals surface area contributed by atoms with Crippen molar-refractivity contribution in [3.63, 3.8) is 0 Å². The van der Waals surface area contributed by atoms with Gasteiger partial charge in [-0.05, 0) is 18.6 Å². The molecule has 10 heteroatoms. The minimum Gasteiger partial charge on any atom is -0.481 e. The lowest BCUT2D eigenvalue weighted by Gasteiger charge is -2.05. The number of nitrogens with zero attached hydrogens (tertiary/aromatic N) is 2. The smallest absolute Gasteiger partial charge is 0.303 e. The normalized spacial score (nSPS) is 10.6. The van der Waals surface area contributed by atoms with Gasteiger partial charge in [-0.15, -0.1) is 0 Å². The van der Waals surface area contributed by atoms with Crippen LogP contribution in [-0.4, -0.2) is 28.5 Å². The maximum atomic E-state index is 11.9. The number of carboxylic acid groups (broad SMARTS) is 1. The first-order chi connectivity index (χ1) is 11.3. The van der Waals surface area contributed by atoms with Crippen LogP contribution in [0, 0.1) is 21.4 Å². The predicted octanol–water partition coefficient (Wildman–Crippen LogP) is 2.05. The van der Waals surface area contributed by atoms with E-state index in [-0.39, 0.29) is 34.9 Å². The summed E-state index contributed by atoms with van der Waals surface area (Å²) >= 11 is 5.67. The molecule has 9 nitrogen and oxygen atoms in total. The fourth-order valence-corrected chi connectivity index (χ4v) is 1.78. The van der Waals surface area contributed by atoms with E-state index in [0.717, 1.165) is 12.3 Å². The zero-order valence-corrected chi connectivity index (χ0v) is 13.0. The van der Waals surface area contributed by atoms with Crippen molar-refractivity contribution in [1.29, 1.82) is 5.26 Å². The van der Waals surface area contributed by atoms with Crippen molar-refractivity contribution in [1.82, 2.24) is 5.32 Å². The Morgan fingerprint density at radius 2 is 2.17 bits per heavy atom. The van der Waals surface area contributed by atoms with Gasteiger partial charge < -0.3 is 15.7 Å². The van der Waals surface area contributed by atoms with E-state index in [0.29, 0.717) is 6.42 Å². The number of benzene rings is 1. The van der Waals surface area contributed by atoms with E-state index in [4.69, 9.17) is 22.0 Å². The molecule has 0 heterocycles. The minimum atomic E-state index is -0.941. The number of carboxylic acids is 1. The monoisotopic (exact) mass is 352 g/mol. The number of carbonyl (C=O) groups is 2. The highest BCUT2D eigenvalue weighted by atomic mass is 35.5. The lowest BCUT2D eigenvalue weighted by molar-refractivity contribution is -0.384. The second kappa shape index (κ2) is 9.12. The van der Waals surface area contributed by atoms with Gasteiger partial charge in [-0.1, -0.05) is 11.6 Å². The van der Waals surface area contributed by atoms with E-state index in [2.05, 4.69) is 10.6 Å². The quantitative estimate of drug-likeness (QED) is 0.213. The molecule has 0 atom stereocenters. The Hall–Kier alpha value is -3.12. The van der Waals surface area contributed by atoms with Crippen molar-refractivity contribution in [2.45, 2.75) is 12.8 Å². The molecule has 0 saturated carbocycles. The molecule has 0 bridgehead atoms. The molecule has 126 valence electrons. The van der Waals surface area contributed by atoms with Crippen LogP contribution in [0.3, 0.4) is 0 Å². The number of carbonyl (C=O) groups excluding carboxylic acids is 1. The number of nitriles is 1. The fraction of sp³-hybridized carbons (Fsp3) is 0.214. The molecule has 0 aliphatic rings. The molecule has 1 aromatic carbocycles. The number of rotatable bonds is 8. The van der Waals surface area contributed by atoms with Crippen molar-refractivity contribution < 1.29 is 19.6 Å². The predicted molar refractivity (Wildman–Crippen MR) is 85.3 cm³/mol. The van der Waals surface area contributed by atoms with Crippen LogP contribution < -0.4 is 10.6 Å². The highest BCUT2D eigenvalue weighted by molar-refractivity contribution is 6.32. The Kier molecular flexibility index (Phi) is 7.19. The summed E-state index contributed by atoms with van der Waals surface area (Å²) in [7, 11) is 0. The second-order valence-corrected chi connectivity index (χ2v) is 4.91. The Morgan fingerprint density at radius 1 is 1.46 bits per heavy atom. The molecule has 0 unspecified atom stereocenters. The van der Waals surface area contributed by atoms with E-state index < -0.39 is 16.8 Å². The van der Waals surface area contributed by atoms with E-state index in [1.807, 2.05) is 0 Å². The Morgan fingerprint density at radius 3 is 2.75 bits per heavy atom. The molecule has 0 aliphatic heterocycles. The van der Waals surface area contributed by atoms with E-state index >= 15 is 0 Å². The third-order valence-corrected chi connectivity index (χ3v) is 3.04. The van der Waals surface area contributed by atoms with Crippen LogP contribution in [0.4, 0.5) is 11.4 Å². The second-order valence-electron chi connectivity index (χ2n) is 4.50. The summed E-state index contributed by atoms with van der Waals surface area (Å²) in [5, 5.41) is 33.2. The first-order valence-electron chi connectivity index (χ1n) is 6.66. The number of halogens is 1. The van der Waals surface area contributed by atoms with E-state index in [9.17, 15) is 19.7 Å². The molecule has 0 aliphatic carbocycles. The van der Waals surface area contributed by atoms with Crippen LogP contribution in [0.15, 0.2) is 30.0 Å². The summed E-state index contributed by atoms with van der Waals surface area (Å²) in [5.74, 6) is -1.71. The van der Waals surface area contributed by atoms with Gasteiger partial charge in [0.05, 0.1) is 4.92 Å². The first-order valence-corrected chi connectivity index (χ1v) is 7.03. The maximum Gasteiger partial charge on any atom is 0.303 e. The van der Waals surface area contributed by atoms with Crippen LogP contribution >= 0.6 is 11.6 Å². The topological polar surface area (TPSA) is 145 Å². The van der Waals surface area contributed by atoms with Gasteiger partial charge in [0.1, 0.15) is 16.7 Å². The van der Waals surface area contributed by atoms with Gasteiger partial charge in [0.25, 0.3) is 11.6 Å². The number of nitro benzene ring substituents is 1. The van der Waals surface area contributed by atoms with E-state index in [1.54, 1.807) is 6.07 Å². The van der Waals surface area contributed by atoms with Crippen molar-refractivity contribution in [3.8, 4) is 6.07 Å². The summed E-state index contributed by atoms with van der Waals surface area (Å²) < 4.78 is 0. The van der Waals surface area contributed by atoms with Gasteiger partial charge in [0, 0.05) is 30.9 Å². The van der Waals surface area contributed by atoms with Crippen LogP contribution in [0.1, 0.15) is 12.8 Å². The standard InChI is InChI=1S/C14H13ClN4O5/c15-11-4-3-10(6-12(11)19(23)24)18-14(22)9(7-16)8-17-5-1-2-13(20)21/h3-4,6,8,17H,1-2,5H2,(H,18,22)(H,20,21)/b9-8-. The molecule has 0 spiro atoms. The van der Waals surface area contributed by atoms with Crippen LogP contribution in [0.25, 0.3) is 0 Å². The molecule has 0 saturated heterocycles. The number of nitrogens with one attached hydrogen (secondary N) is 2. The zero-order chi connectivity index (χ0) is 18.1. The van der Waals surface area contributed by atoms with Crippen molar-refractivity contribution in [3.05, 3.63) is 45.1 Å². The van der Waals surface area contributed by atoms with Gasteiger partial charge in [0.2, 0.25) is 0 Å². The average Bonchev–Trinajstić information content (AvgIpc) is 2.52. The molecule has 3 N–H and O–H groups in total. The Balaban J connectivity index is 2.71. The van der Waals surface area contributed by atoms with Gasteiger partial charge in [-0.25, -0.2) is 0 Å². The zero-order valence-electron chi connectivity index (χ0n) is 12.3. The van der Waals surface area contributed by atoms with Crippen molar-refractivity contribution in [2.75, 3.05) is 11.9 Å². The van der Waals surface area contributed by atoms with Gasteiger partial charge in [-0.2, -0.15) is 5.26 Å². The van der Waals surface area contributed by atoms with Crippen LogP contribution in [-0.2, 0) is 9.59 Å². The number of nitro groups is 1. The highest BCUT2D eigenvalue weighted by Crippen LogP contribution is 2.27. The lowest BCUT2D eigenvalue weighted by Crippen LogP contribution is -2.17. The van der Waals surface area contributed by atoms with E-state index in [1.165, 1.54) is 12.1 Å². The molecule has 1 rings (SSSR count).